The van der Waals surface area contributed by atoms with Crippen LogP contribution in [0, 0.1) is 0 Å². The summed E-state index contributed by atoms with van der Waals surface area (Å²) >= 11 is 1.65. The summed E-state index contributed by atoms with van der Waals surface area (Å²) in [5.41, 5.74) is 2.62. The molecule has 1 saturated heterocycles. The lowest BCUT2D eigenvalue weighted by Crippen LogP contribution is -2.16. The Hall–Kier alpha value is -1.17. The van der Waals surface area contributed by atoms with E-state index >= 15 is 0 Å². The largest absolute Gasteiger partial charge is 0.265 e. The highest BCUT2D eigenvalue weighted by Crippen LogP contribution is 2.29. The molecule has 1 aromatic carbocycles. The van der Waals surface area contributed by atoms with Gasteiger partial charge in [0.1, 0.15) is 0 Å². The zero-order chi connectivity index (χ0) is 17.2. The molecule has 2 heterocycles. The lowest BCUT2D eigenvalue weighted by atomic mass is 9.94. The van der Waals surface area contributed by atoms with Crippen molar-refractivity contribution in [3.63, 3.8) is 0 Å². The molecule has 1 aliphatic heterocycles. The Morgan fingerprint density at radius 2 is 1.71 bits per heavy atom. The molecule has 0 spiro atoms. The van der Waals surface area contributed by atoms with Crippen molar-refractivity contribution in [1.82, 2.24) is 9.71 Å². The molecule has 1 aliphatic rings. The molecule has 1 fully saturated rings. The van der Waals surface area contributed by atoms with Crippen molar-refractivity contribution in [3.05, 3.63) is 59.9 Å². The summed E-state index contributed by atoms with van der Waals surface area (Å²) in [7, 11) is -0.580. The number of hydrogen-bond acceptors (Lipinski definition) is 4. The van der Waals surface area contributed by atoms with E-state index in [-0.39, 0.29) is 0 Å². The van der Waals surface area contributed by atoms with E-state index < -0.39 is 10.8 Å². The van der Waals surface area contributed by atoms with Crippen LogP contribution in [0.5, 0.6) is 0 Å². The zero-order valence-electron chi connectivity index (χ0n) is 14.4. The number of rotatable bonds is 5. The van der Waals surface area contributed by atoms with Crippen molar-refractivity contribution in [1.29, 1.82) is 0 Å². The number of nitrogens with zero attached hydrogens (tertiary/aromatic N) is 1. The Bertz CT molecular complexity index is 607. The standard InChI is InChI=1S/C17H20N2OS2.C2H6/c20-22-11-7-16(8-12-22)15-1-3-17(4-2-15)21-19-13-14-5-9-18-10-6-14;1-2/h1-6,9-10,16,19H,7-8,11-13H2;1-2H3. The molecule has 0 aliphatic carbocycles. The average molecular weight is 363 g/mol. The predicted octanol–water partition coefficient (Wildman–Crippen LogP) is 4.53. The minimum atomic E-state index is -0.580. The van der Waals surface area contributed by atoms with Gasteiger partial charge in [0.15, 0.2) is 0 Å². The number of pyridine rings is 1. The summed E-state index contributed by atoms with van der Waals surface area (Å²) in [5.74, 6) is 2.30. The zero-order valence-corrected chi connectivity index (χ0v) is 16.0. The Morgan fingerprint density at radius 1 is 1.08 bits per heavy atom. The molecule has 2 aromatic rings. The first-order valence-corrected chi connectivity index (χ1v) is 10.9. The van der Waals surface area contributed by atoms with E-state index in [1.54, 1.807) is 11.9 Å². The topological polar surface area (TPSA) is 42.0 Å². The van der Waals surface area contributed by atoms with E-state index in [0.29, 0.717) is 5.92 Å². The number of hydrogen-bond donors (Lipinski definition) is 1. The van der Waals surface area contributed by atoms with Crippen LogP contribution in [-0.4, -0.2) is 20.7 Å². The van der Waals surface area contributed by atoms with Gasteiger partial charge in [-0.2, -0.15) is 0 Å². The van der Waals surface area contributed by atoms with Crippen LogP contribution in [-0.2, 0) is 17.3 Å². The molecule has 0 unspecified atom stereocenters. The second-order valence-electron chi connectivity index (χ2n) is 5.47. The molecule has 0 amide bonds. The van der Waals surface area contributed by atoms with Gasteiger partial charge >= 0.3 is 0 Å². The Morgan fingerprint density at radius 3 is 2.33 bits per heavy atom. The second kappa shape index (κ2) is 10.6. The maximum absolute atomic E-state index is 11.4. The molecule has 5 heteroatoms. The fourth-order valence-corrected chi connectivity index (χ4v) is 4.62. The van der Waals surface area contributed by atoms with Crippen LogP contribution in [0.25, 0.3) is 0 Å². The quantitative estimate of drug-likeness (QED) is 0.794. The van der Waals surface area contributed by atoms with Crippen molar-refractivity contribution < 1.29 is 4.21 Å². The predicted molar refractivity (Wildman–Crippen MR) is 105 cm³/mol. The molecule has 3 rings (SSSR count). The van der Waals surface area contributed by atoms with Gasteiger partial charge in [0.2, 0.25) is 0 Å². The van der Waals surface area contributed by atoms with Gasteiger partial charge in [0.25, 0.3) is 0 Å². The van der Waals surface area contributed by atoms with Crippen molar-refractivity contribution in [2.45, 2.75) is 44.0 Å². The molecule has 0 saturated carbocycles. The SMILES string of the molecule is CC.O=S1CCC(c2ccc(SNCc3ccncc3)cc2)CC1. The fourth-order valence-electron chi connectivity index (χ4n) is 2.64. The van der Waals surface area contributed by atoms with E-state index in [1.807, 2.05) is 38.4 Å². The lowest BCUT2D eigenvalue weighted by molar-refractivity contribution is 0.605. The first-order chi connectivity index (χ1) is 11.8. The molecule has 0 radical (unpaired) electrons. The van der Waals surface area contributed by atoms with Crippen molar-refractivity contribution >= 4 is 22.7 Å². The second-order valence-corrected chi connectivity index (χ2v) is 8.13. The van der Waals surface area contributed by atoms with Crippen molar-refractivity contribution in [3.8, 4) is 0 Å². The average Bonchev–Trinajstić information content (AvgIpc) is 2.66. The maximum Gasteiger partial charge on any atom is 0.0314 e. The van der Waals surface area contributed by atoms with Crippen LogP contribution >= 0.6 is 11.9 Å². The smallest absolute Gasteiger partial charge is 0.0314 e. The normalized spacial score (nSPS) is 20.1. The highest BCUT2D eigenvalue weighted by atomic mass is 32.2. The maximum atomic E-state index is 11.4. The van der Waals surface area contributed by atoms with E-state index in [9.17, 15) is 4.21 Å². The highest BCUT2D eigenvalue weighted by molar-refractivity contribution is 7.97. The van der Waals surface area contributed by atoms with Crippen LogP contribution in [0.3, 0.4) is 0 Å². The Balaban J connectivity index is 0.00000100. The van der Waals surface area contributed by atoms with E-state index in [4.69, 9.17) is 0 Å². The highest BCUT2D eigenvalue weighted by Gasteiger charge is 2.19. The molecule has 0 atom stereocenters. The molecule has 1 aromatic heterocycles. The fraction of sp³-hybridized carbons (Fsp3) is 0.421. The van der Waals surface area contributed by atoms with E-state index in [2.05, 4.69) is 34.0 Å². The summed E-state index contributed by atoms with van der Waals surface area (Å²) < 4.78 is 14.8. The van der Waals surface area contributed by atoms with Gasteiger partial charge in [-0.05, 0) is 66.1 Å². The third-order valence-corrected chi connectivity index (χ3v) is 6.13. The summed E-state index contributed by atoms with van der Waals surface area (Å²) in [6.07, 6.45) is 5.74. The first kappa shape index (κ1) is 19.2. The molecule has 130 valence electrons. The van der Waals surface area contributed by atoms with Gasteiger partial charge in [-0.15, -0.1) is 0 Å². The summed E-state index contributed by atoms with van der Waals surface area (Å²) in [6.45, 7) is 4.82. The van der Waals surface area contributed by atoms with Crippen molar-refractivity contribution in [2.75, 3.05) is 11.5 Å². The van der Waals surface area contributed by atoms with Crippen LogP contribution in [0.15, 0.2) is 53.7 Å². The third-order valence-electron chi connectivity index (χ3n) is 3.96. The van der Waals surface area contributed by atoms with Gasteiger partial charge < -0.3 is 0 Å². The van der Waals surface area contributed by atoms with E-state index in [1.165, 1.54) is 16.0 Å². The molecule has 3 nitrogen and oxygen atoms in total. The van der Waals surface area contributed by atoms with Gasteiger partial charge in [0, 0.05) is 46.1 Å². The lowest BCUT2D eigenvalue weighted by Gasteiger charge is -2.21. The molecular formula is C19H26N2OS2. The third kappa shape index (κ3) is 6.04. The summed E-state index contributed by atoms with van der Waals surface area (Å²) in [6, 6.07) is 12.8. The number of aromatic nitrogens is 1. The Labute approximate surface area is 152 Å². The van der Waals surface area contributed by atoms with Crippen molar-refractivity contribution in [2.24, 2.45) is 0 Å². The first-order valence-electron chi connectivity index (χ1n) is 8.55. The minimum absolute atomic E-state index is 0.580. The van der Waals surface area contributed by atoms with Gasteiger partial charge in [-0.3, -0.25) is 13.9 Å². The van der Waals surface area contributed by atoms with Gasteiger partial charge in [0.05, 0.1) is 0 Å². The summed E-state index contributed by atoms with van der Waals surface area (Å²) in [4.78, 5) is 5.24. The monoisotopic (exact) mass is 362 g/mol. The van der Waals surface area contributed by atoms with Gasteiger partial charge in [-0.1, -0.05) is 26.0 Å². The van der Waals surface area contributed by atoms with Crippen LogP contribution in [0.1, 0.15) is 43.7 Å². The van der Waals surface area contributed by atoms with Crippen LogP contribution in [0.4, 0.5) is 0 Å². The summed E-state index contributed by atoms with van der Waals surface area (Å²) in [5, 5.41) is 0. The molecular weight excluding hydrogens is 336 g/mol. The molecule has 24 heavy (non-hydrogen) atoms. The van der Waals surface area contributed by atoms with Crippen LogP contribution < -0.4 is 4.72 Å². The van der Waals surface area contributed by atoms with E-state index in [0.717, 1.165) is 30.9 Å². The number of benzene rings is 1. The molecule has 1 N–H and O–H groups in total. The van der Waals surface area contributed by atoms with Gasteiger partial charge in [-0.25, -0.2) is 0 Å². The minimum Gasteiger partial charge on any atom is -0.265 e. The van der Waals surface area contributed by atoms with Crippen LogP contribution in [0.2, 0.25) is 0 Å². The number of nitrogens with one attached hydrogen (secondary N) is 1. The Kier molecular flexibility index (Phi) is 8.50. The molecule has 0 bridgehead atoms.